The quantitative estimate of drug-likeness (QED) is 0.930. The fourth-order valence-electron chi connectivity index (χ4n) is 1.70. The Balaban J connectivity index is 2.15. The SMILES string of the molecule is CCc1ccc(C(=O)Nc2ncc(C)cc2Br)cc1. The largest absolute Gasteiger partial charge is 0.306 e. The molecule has 4 heteroatoms. The highest BCUT2D eigenvalue weighted by molar-refractivity contribution is 9.10. The lowest BCUT2D eigenvalue weighted by Crippen LogP contribution is -2.13. The van der Waals surface area contributed by atoms with E-state index >= 15 is 0 Å². The minimum atomic E-state index is -0.153. The molecule has 2 aromatic rings. The number of hydrogen-bond acceptors (Lipinski definition) is 2. The molecule has 0 aliphatic carbocycles. The van der Waals surface area contributed by atoms with Crippen molar-refractivity contribution in [2.24, 2.45) is 0 Å². The van der Waals surface area contributed by atoms with E-state index in [9.17, 15) is 4.79 Å². The van der Waals surface area contributed by atoms with Gasteiger partial charge in [-0.1, -0.05) is 19.1 Å². The minimum absolute atomic E-state index is 0.153. The van der Waals surface area contributed by atoms with Crippen molar-refractivity contribution in [3.63, 3.8) is 0 Å². The maximum atomic E-state index is 12.1. The molecule has 0 saturated heterocycles. The molecule has 0 unspecified atom stereocenters. The number of hydrogen-bond donors (Lipinski definition) is 1. The van der Waals surface area contributed by atoms with E-state index in [1.807, 2.05) is 37.3 Å². The number of anilines is 1. The van der Waals surface area contributed by atoms with Gasteiger partial charge in [-0.05, 0) is 58.6 Å². The number of carbonyl (C=O) groups excluding carboxylic acids is 1. The lowest BCUT2D eigenvalue weighted by atomic mass is 10.1. The maximum Gasteiger partial charge on any atom is 0.256 e. The highest BCUT2D eigenvalue weighted by atomic mass is 79.9. The molecule has 0 aliphatic heterocycles. The number of amides is 1. The molecular formula is C15H15BrN2O. The van der Waals surface area contributed by atoms with E-state index in [0.29, 0.717) is 11.4 Å². The summed E-state index contributed by atoms with van der Waals surface area (Å²) in [4.78, 5) is 16.3. The van der Waals surface area contributed by atoms with Gasteiger partial charge in [0.2, 0.25) is 0 Å². The van der Waals surface area contributed by atoms with Crippen LogP contribution in [0.4, 0.5) is 5.82 Å². The van der Waals surface area contributed by atoms with Gasteiger partial charge in [-0.2, -0.15) is 0 Å². The van der Waals surface area contributed by atoms with E-state index < -0.39 is 0 Å². The molecule has 3 nitrogen and oxygen atoms in total. The molecule has 2 rings (SSSR count). The first-order valence-electron chi connectivity index (χ1n) is 6.12. The number of rotatable bonds is 3. The van der Waals surface area contributed by atoms with Crippen LogP contribution in [0.2, 0.25) is 0 Å². The van der Waals surface area contributed by atoms with E-state index in [4.69, 9.17) is 0 Å². The molecule has 0 radical (unpaired) electrons. The molecule has 98 valence electrons. The number of nitrogens with one attached hydrogen (secondary N) is 1. The van der Waals surface area contributed by atoms with Crippen molar-refractivity contribution in [3.05, 3.63) is 57.7 Å². The zero-order valence-electron chi connectivity index (χ0n) is 10.9. The van der Waals surface area contributed by atoms with Crippen molar-refractivity contribution in [1.82, 2.24) is 4.98 Å². The molecule has 19 heavy (non-hydrogen) atoms. The van der Waals surface area contributed by atoms with Crippen LogP contribution in [0.15, 0.2) is 41.0 Å². The van der Waals surface area contributed by atoms with Crippen LogP contribution >= 0.6 is 15.9 Å². The third-order valence-electron chi connectivity index (χ3n) is 2.83. The van der Waals surface area contributed by atoms with E-state index in [2.05, 4.69) is 33.2 Å². The monoisotopic (exact) mass is 318 g/mol. The lowest BCUT2D eigenvalue weighted by Gasteiger charge is -2.07. The number of pyridine rings is 1. The van der Waals surface area contributed by atoms with Crippen LogP contribution in [0.25, 0.3) is 0 Å². The van der Waals surface area contributed by atoms with E-state index in [1.54, 1.807) is 6.20 Å². The summed E-state index contributed by atoms with van der Waals surface area (Å²) in [6.45, 7) is 4.04. The summed E-state index contributed by atoms with van der Waals surface area (Å²) in [6, 6.07) is 9.51. The Hall–Kier alpha value is -1.68. The number of carbonyl (C=O) groups is 1. The number of aryl methyl sites for hydroxylation is 2. The standard InChI is InChI=1S/C15H15BrN2O/c1-3-11-4-6-12(7-5-11)15(19)18-14-13(16)8-10(2)9-17-14/h4-9H,3H2,1-2H3,(H,17,18,19). The zero-order chi connectivity index (χ0) is 13.8. The molecule has 1 heterocycles. The van der Waals surface area contributed by atoms with Crippen molar-refractivity contribution >= 4 is 27.7 Å². The zero-order valence-corrected chi connectivity index (χ0v) is 12.5. The summed E-state index contributed by atoms with van der Waals surface area (Å²) in [7, 11) is 0. The van der Waals surface area contributed by atoms with Crippen LogP contribution < -0.4 is 5.32 Å². The van der Waals surface area contributed by atoms with Gasteiger partial charge in [-0.25, -0.2) is 4.98 Å². The van der Waals surface area contributed by atoms with Crippen LogP contribution in [0.1, 0.15) is 28.4 Å². The first kappa shape index (κ1) is 13.7. The lowest BCUT2D eigenvalue weighted by molar-refractivity contribution is 0.102. The van der Waals surface area contributed by atoms with Gasteiger partial charge in [0.05, 0.1) is 4.47 Å². The Labute approximate surface area is 121 Å². The van der Waals surface area contributed by atoms with Gasteiger partial charge in [0.1, 0.15) is 5.82 Å². The normalized spacial score (nSPS) is 10.3. The van der Waals surface area contributed by atoms with Gasteiger partial charge in [0.15, 0.2) is 0 Å². The summed E-state index contributed by atoms with van der Waals surface area (Å²) in [5.41, 5.74) is 2.88. The minimum Gasteiger partial charge on any atom is -0.306 e. The topological polar surface area (TPSA) is 42.0 Å². The van der Waals surface area contributed by atoms with Crippen molar-refractivity contribution in [2.75, 3.05) is 5.32 Å². The summed E-state index contributed by atoms with van der Waals surface area (Å²) in [5.74, 6) is 0.384. The first-order chi connectivity index (χ1) is 9.10. The number of nitrogens with zero attached hydrogens (tertiary/aromatic N) is 1. The van der Waals surface area contributed by atoms with Gasteiger partial charge in [0, 0.05) is 11.8 Å². The second-order valence-corrected chi connectivity index (χ2v) is 5.20. The molecule has 1 aromatic carbocycles. The Morgan fingerprint density at radius 1 is 1.32 bits per heavy atom. The van der Waals surface area contributed by atoms with E-state index in [0.717, 1.165) is 16.5 Å². The van der Waals surface area contributed by atoms with Gasteiger partial charge in [-0.3, -0.25) is 4.79 Å². The fourth-order valence-corrected chi connectivity index (χ4v) is 2.26. The predicted molar refractivity (Wildman–Crippen MR) is 80.4 cm³/mol. The third-order valence-corrected chi connectivity index (χ3v) is 3.44. The first-order valence-corrected chi connectivity index (χ1v) is 6.92. The highest BCUT2D eigenvalue weighted by Gasteiger charge is 2.09. The molecule has 0 bridgehead atoms. The summed E-state index contributed by atoms with van der Waals surface area (Å²) in [6.07, 6.45) is 2.69. The summed E-state index contributed by atoms with van der Waals surface area (Å²) < 4.78 is 0.783. The summed E-state index contributed by atoms with van der Waals surface area (Å²) in [5, 5.41) is 2.79. The van der Waals surface area contributed by atoms with Crippen LogP contribution in [0, 0.1) is 6.92 Å². The molecule has 0 fully saturated rings. The third kappa shape index (κ3) is 3.41. The summed E-state index contributed by atoms with van der Waals surface area (Å²) >= 11 is 3.39. The number of aromatic nitrogens is 1. The molecule has 0 aliphatic rings. The van der Waals surface area contributed by atoms with Crippen LogP contribution in [0.5, 0.6) is 0 Å². The smallest absolute Gasteiger partial charge is 0.256 e. The Morgan fingerprint density at radius 3 is 2.58 bits per heavy atom. The number of halogens is 1. The Morgan fingerprint density at radius 2 is 2.00 bits per heavy atom. The Bertz CT molecular complexity index is 594. The number of benzene rings is 1. The average Bonchev–Trinajstić information content (AvgIpc) is 2.42. The van der Waals surface area contributed by atoms with Gasteiger partial charge < -0.3 is 5.32 Å². The van der Waals surface area contributed by atoms with Gasteiger partial charge >= 0.3 is 0 Å². The molecule has 1 N–H and O–H groups in total. The van der Waals surface area contributed by atoms with E-state index in [1.165, 1.54) is 5.56 Å². The molecule has 0 saturated carbocycles. The predicted octanol–water partition coefficient (Wildman–Crippen LogP) is 3.97. The highest BCUT2D eigenvalue weighted by Crippen LogP contribution is 2.21. The van der Waals surface area contributed by atoms with Crippen molar-refractivity contribution in [1.29, 1.82) is 0 Å². The second-order valence-electron chi connectivity index (χ2n) is 4.35. The van der Waals surface area contributed by atoms with Crippen LogP contribution in [-0.4, -0.2) is 10.9 Å². The van der Waals surface area contributed by atoms with Crippen molar-refractivity contribution < 1.29 is 4.79 Å². The van der Waals surface area contributed by atoms with E-state index in [-0.39, 0.29) is 5.91 Å². The molecule has 0 spiro atoms. The molecule has 1 amide bonds. The van der Waals surface area contributed by atoms with Crippen LogP contribution in [0.3, 0.4) is 0 Å². The molecular weight excluding hydrogens is 304 g/mol. The fraction of sp³-hybridized carbons (Fsp3) is 0.200. The molecule has 0 atom stereocenters. The Kier molecular flexibility index (Phi) is 4.32. The van der Waals surface area contributed by atoms with Gasteiger partial charge in [-0.15, -0.1) is 0 Å². The molecule has 1 aromatic heterocycles. The van der Waals surface area contributed by atoms with Crippen molar-refractivity contribution in [3.8, 4) is 0 Å². The van der Waals surface area contributed by atoms with Crippen LogP contribution in [-0.2, 0) is 6.42 Å². The average molecular weight is 319 g/mol. The second kappa shape index (κ2) is 5.97. The van der Waals surface area contributed by atoms with Gasteiger partial charge in [0.25, 0.3) is 5.91 Å². The van der Waals surface area contributed by atoms with Crippen molar-refractivity contribution in [2.45, 2.75) is 20.3 Å². The maximum absolute atomic E-state index is 12.1.